The van der Waals surface area contributed by atoms with Crippen molar-refractivity contribution >= 4 is 40.9 Å². The van der Waals surface area contributed by atoms with Crippen LogP contribution in [0, 0.1) is 5.82 Å². The molecule has 0 bridgehead atoms. The maximum absolute atomic E-state index is 13.2. The van der Waals surface area contributed by atoms with Crippen LogP contribution in [-0.2, 0) is 14.4 Å². The number of likely N-dealkylation sites (N-methyl/N-ethyl adjacent to an activating group) is 1. The summed E-state index contributed by atoms with van der Waals surface area (Å²) in [5, 5.41) is 2.87. The molecule has 2 aromatic rings. The molecule has 3 rings (SSSR count). The lowest BCUT2D eigenvalue weighted by atomic mass is 9.96. The first kappa shape index (κ1) is 23.6. The average Bonchev–Trinajstić information content (AvgIpc) is 2.77. The molecule has 1 aromatic carbocycles. The minimum atomic E-state index is -0.889. The molecular formula is C21H20Cl2FN5O3. The molecule has 1 aliphatic heterocycles. The number of nitrogens with one attached hydrogen (secondary N) is 1. The Labute approximate surface area is 194 Å². The van der Waals surface area contributed by atoms with E-state index >= 15 is 0 Å². The van der Waals surface area contributed by atoms with Crippen LogP contribution in [0.15, 0.2) is 42.2 Å². The van der Waals surface area contributed by atoms with Crippen LogP contribution in [0.4, 0.5) is 4.39 Å². The summed E-state index contributed by atoms with van der Waals surface area (Å²) in [6, 6.07) is 3.51. The van der Waals surface area contributed by atoms with Crippen molar-refractivity contribution in [2.75, 3.05) is 20.1 Å². The second-order valence-corrected chi connectivity index (χ2v) is 7.79. The molecule has 11 heteroatoms. The van der Waals surface area contributed by atoms with Crippen LogP contribution < -0.4 is 5.32 Å². The van der Waals surface area contributed by atoms with Gasteiger partial charge in [0.1, 0.15) is 6.04 Å². The van der Waals surface area contributed by atoms with Gasteiger partial charge >= 0.3 is 0 Å². The second-order valence-electron chi connectivity index (χ2n) is 7.10. The molecule has 1 aromatic heterocycles. The molecule has 1 saturated heterocycles. The number of hydrogen-bond donors (Lipinski definition) is 1. The fourth-order valence-electron chi connectivity index (χ4n) is 3.64. The summed E-state index contributed by atoms with van der Waals surface area (Å²) < 4.78 is 13.2. The van der Waals surface area contributed by atoms with Gasteiger partial charge in [-0.1, -0.05) is 23.2 Å². The zero-order valence-electron chi connectivity index (χ0n) is 17.3. The minimum Gasteiger partial charge on any atom is -0.357 e. The van der Waals surface area contributed by atoms with Gasteiger partial charge in [0.25, 0.3) is 0 Å². The van der Waals surface area contributed by atoms with Crippen molar-refractivity contribution in [3.05, 3.63) is 58.6 Å². The molecule has 8 nitrogen and oxygen atoms in total. The van der Waals surface area contributed by atoms with Gasteiger partial charge in [-0.2, -0.15) is 0 Å². The van der Waals surface area contributed by atoms with Gasteiger partial charge in [-0.3, -0.25) is 14.4 Å². The largest absolute Gasteiger partial charge is 0.357 e. The number of hydrogen-bond acceptors (Lipinski definition) is 5. The molecule has 1 aliphatic rings. The number of piperazine rings is 1. The number of carbonyl (C=O) groups excluding carboxylic acids is 3. The van der Waals surface area contributed by atoms with Crippen LogP contribution in [0.5, 0.6) is 0 Å². The van der Waals surface area contributed by atoms with Gasteiger partial charge in [0.2, 0.25) is 17.7 Å². The second kappa shape index (κ2) is 10.1. The van der Waals surface area contributed by atoms with E-state index in [1.807, 2.05) is 0 Å². The van der Waals surface area contributed by atoms with Crippen molar-refractivity contribution in [3.8, 4) is 11.4 Å². The van der Waals surface area contributed by atoms with Crippen LogP contribution >= 0.6 is 23.2 Å². The van der Waals surface area contributed by atoms with Gasteiger partial charge < -0.3 is 15.1 Å². The van der Waals surface area contributed by atoms with Crippen LogP contribution in [-0.4, -0.2) is 63.7 Å². The van der Waals surface area contributed by atoms with Crippen LogP contribution in [0.3, 0.4) is 0 Å². The van der Waals surface area contributed by atoms with E-state index in [9.17, 15) is 18.8 Å². The molecule has 1 N–H and O–H groups in total. The Kier molecular flexibility index (Phi) is 7.42. The summed E-state index contributed by atoms with van der Waals surface area (Å²) in [4.78, 5) is 48.4. The first-order valence-corrected chi connectivity index (χ1v) is 10.4. The zero-order chi connectivity index (χ0) is 23.4. The Morgan fingerprint density at radius 2 is 1.84 bits per heavy atom. The third-order valence-corrected chi connectivity index (χ3v) is 5.46. The first-order chi connectivity index (χ1) is 15.2. The quantitative estimate of drug-likeness (QED) is 0.679. The number of amides is 3. The summed E-state index contributed by atoms with van der Waals surface area (Å²) in [6.45, 7) is 1.40. The average molecular weight is 480 g/mol. The van der Waals surface area contributed by atoms with Gasteiger partial charge in [-0.25, -0.2) is 14.4 Å². The van der Waals surface area contributed by atoms with Crippen molar-refractivity contribution in [1.29, 1.82) is 0 Å². The minimum absolute atomic E-state index is 0.0174. The number of halogens is 3. The number of aromatic nitrogens is 2. The first-order valence-electron chi connectivity index (χ1n) is 9.59. The standard InChI is InChI=1S/C21H20Cl2FN5O3/c1-12(30)28-11-18(21(32)25-2)29(19(31)3-4-22)10-17(28)13-5-14(7-15(23)6-13)20-26-8-16(24)9-27-20/h3-9,17-18H,10-11H2,1-2H3,(H,25,32)/b4-3-/t17-,18+/m0/s1. The molecule has 168 valence electrons. The molecule has 1 fully saturated rings. The molecule has 0 radical (unpaired) electrons. The molecule has 0 saturated carbocycles. The number of rotatable bonds is 4. The number of nitrogens with zero attached hydrogens (tertiary/aromatic N) is 4. The fraction of sp³-hybridized carbons (Fsp3) is 0.286. The molecule has 0 unspecified atom stereocenters. The highest BCUT2D eigenvalue weighted by Gasteiger charge is 2.41. The predicted molar refractivity (Wildman–Crippen MR) is 117 cm³/mol. The van der Waals surface area contributed by atoms with Crippen LogP contribution in [0.25, 0.3) is 11.4 Å². The van der Waals surface area contributed by atoms with Crippen molar-refractivity contribution in [2.45, 2.75) is 19.0 Å². The van der Waals surface area contributed by atoms with Crippen LogP contribution in [0.2, 0.25) is 5.02 Å². The maximum atomic E-state index is 13.2. The third-order valence-electron chi connectivity index (χ3n) is 5.12. The zero-order valence-corrected chi connectivity index (χ0v) is 18.8. The summed E-state index contributed by atoms with van der Waals surface area (Å²) in [7, 11) is 1.46. The Bertz CT molecular complexity index is 1060. The lowest BCUT2D eigenvalue weighted by Crippen LogP contribution is -2.61. The maximum Gasteiger partial charge on any atom is 0.248 e. The van der Waals surface area contributed by atoms with Crippen molar-refractivity contribution in [3.63, 3.8) is 0 Å². The van der Waals surface area contributed by atoms with E-state index in [0.29, 0.717) is 16.1 Å². The van der Waals surface area contributed by atoms with Gasteiger partial charge in [0.05, 0.1) is 25.0 Å². The Morgan fingerprint density at radius 1 is 1.16 bits per heavy atom. The van der Waals surface area contributed by atoms with E-state index in [-0.39, 0.29) is 24.8 Å². The number of benzene rings is 1. The molecule has 3 amide bonds. The SMILES string of the molecule is CNC(=O)[C@H]1CN(C(C)=O)[C@H](c2cc(Cl)cc(-c3ncc(F)cn3)c2)CN1C(=O)/C=C\Cl. The summed E-state index contributed by atoms with van der Waals surface area (Å²) in [5.74, 6) is -1.47. The Hall–Kier alpha value is -3.04. The van der Waals surface area contributed by atoms with Crippen LogP contribution in [0.1, 0.15) is 18.5 Å². The fourth-order valence-corrected chi connectivity index (χ4v) is 3.99. The normalized spacial score (nSPS) is 18.7. The molecule has 0 aliphatic carbocycles. The highest BCUT2D eigenvalue weighted by molar-refractivity contribution is 6.31. The summed E-state index contributed by atoms with van der Waals surface area (Å²) in [6.07, 6.45) is 3.23. The monoisotopic (exact) mass is 479 g/mol. The molecule has 32 heavy (non-hydrogen) atoms. The van der Waals surface area contributed by atoms with Gasteiger partial charge in [0.15, 0.2) is 11.6 Å². The summed E-state index contributed by atoms with van der Waals surface area (Å²) >= 11 is 11.9. The topological polar surface area (TPSA) is 95.5 Å². The van der Waals surface area contributed by atoms with E-state index in [4.69, 9.17) is 23.2 Å². The lowest BCUT2D eigenvalue weighted by molar-refractivity contribution is -0.148. The lowest BCUT2D eigenvalue weighted by Gasteiger charge is -2.45. The van der Waals surface area contributed by atoms with Crippen molar-refractivity contribution in [1.82, 2.24) is 25.1 Å². The number of carbonyl (C=O) groups is 3. The molecule has 2 heterocycles. The van der Waals surface area contributed by atoms with E-state index in [0.717, 1.165) is 24.0 Å². The van der Waals surface area contributed by atoms with E-state index in [2.05, 4.69) is 15.3 Å². The smallest absolute Gasteiger partial charge is 0.248 e. The summed E-state index contributed by atoms with van der Waals surface area (Å²) in [5.41, 5.74) is 2.19. The Morgan fingerprint density at radius 3 is 2.44 bits per heavy atom. The van der Waals surface area contributed by atoms with Gasteiger partial charge in [0, 0.05) is 42.7 Å². The van der Waals surface area contributed by atoms with E-state index in [1.165, 1.54) is 23.8 Å². The third kappa shape index (κ3) is 5.05. The highest BCUT2D eigenvalue weighted by atomic mass is 35.5. The highest BCUT2D eigenvalue weighted by Crippen LogP contribution is 2.33. The van der Waals surface area contributed by atoms with Crippen molar-refractivity contribution < 1.29 is 18.8 Å². The van der Waals surface area contributed by atoms with Crippen molar-refractivity contribution in [2.24, 2.45) is 0 Å². The molecule has 2 atom stereocenters. The molecule has 0 spiro atoms. The molecular weight excluding hydrogens is 460 g/mol. The Balaban J connectivity index is 2.06. The van der Waals surface area contributed by atoms with Gasteiger partial charge in [-0.15, -0.1) is 0 Å². The predicted octanol–water partition coefficient (Wildman–Crippen LogP) is 2.54. The van der Waals surface area contributed by atoms with Gasteiger partial charge in [-0.05, 0) is 23.8 Å². The van der Waals surface area contributed by atoms with E-state index in [1.54, 1.807) is 18.2 Å². The van der Waals surface area contributed by atoms with E-state index < -0.39 is 29.7 Å².